The zero-order valence-corrected chi connectivity index (χ0v) is 12.2. The Labute approximate surface area is 120 Å². The Bertz CT molecular complexity index is 541. The molecule has 0 radical (unpaired) electrons. The van der Waals surface area contributed by atoms with Crippen molar-refractivity contribution in [2.75, 3.05) is 0 Å². The second-order valence-corrected chi connectivity index (χ2v) is 5.80. The van der Waals surface area contributed by atoms with E-state index in [9.17, 15) is 4.39 Å². The Hall–Kier alpha value is -1.67. The van der Waals surface area contributed by atoms with E-state index in [1.165, 1.54) is 23.3 Å². The van der Waals surface area contributed by atoms with Crippen molar-refractivity contribution in [3.8, 4) is 0 Å². The Morgan fingerprint density at radius 2 is 1.25 bits per heavy atom. The lowest BCUT2D eigenvalue weighted by molar-refractivity contribution is 0.462. The van der Waals surface area contributed by atoms with Crippen LogP contribution in [-0.2, 0) is 19.3 Å². The van der Waals surface area contributed by atoms with E-state index in [0.717, 1.165) is 24.8 Å². The molecular formula is C18H22FN. The summed E-state index contributed by atoms with van der Waals surface area (Å²) in [5.74, 6) is -0.206. The molecule has 2 aromatic rings. The van der Waals surface area contributed by atoms with Crippen LogP contribution in [0.5, 0.6) is 0 Å². The SMILES string of the molecule is CCc1ccc(CC(C)(N)Cc2ccc(F)cc2)cc1. The molecule has 20 heavy (non-hydrogen) atoms. The van der Waals surface area contributed by atoms with Crippen LogP contribution in [0, 0.1) is 5.82 Å². The van der Waals surface area contributed by atoms with Gasteiger partial charge in [-0.15, -0.1) is 0 Å². The zero-order chi connectivity index (χ0) is 14.6. The van der Waals surface area contributed by atoms with Crippen molar-refractivity contribution in [3.05, 3.63) is 71.0 Å². The molecule has 1 atom stereocenters. The molecule has 0 saturated heterocycles. The molecule has 2 aromatic carbocycles. The topological polar surface area (TPSA) is 26.0 Å². The molecule has 2 heteroatoms. The van der Waals surface area contributed by atoms with Gasteiger partial charge in [0.2, 0.25) is 0 Å². The Balaban J connectivity index is 2.03. The molecule has 0 fully saturated rings. The van der Waals surface area contributed by atoms with Crippen LogP contribution >= 0.6 is 0 Å². The van der Waals surface area contributed by atoms with Gasteiger partial charge in [-0.05, 0) is 55.0 Å². The van der Waals surface area contributed by atoms with E-state index in [-0.39, 0.29) is 11.4 Å². The van der Waals surface area contributed by atoms with Crippen LogP contribution in [0.4, 0.5) is 4.39 Å². The van der Waals surface area contributed by atoms with Gasteiger partial charge in [0, 0.05) is 5.54 Å². The van der Waals surface area contributed by atoms with E-state index in [2.05, 4.69) is 31.2 Å². The predicted molar refractivity (Wildman–Crippen MR) is 82.2 cm³/mol. The lowest BCUT2D eigenvalue weighted by atomic mass is 9.87. The van der Waals surface area contributed by atoms with Gasteiger partial charge in [0.15, 0.2) is 0 Å². The average Bonchev–Trinajstić information content (AvgIpc) is 2.41. The molecule has 1 nitrogen and oxygen atoms in total. The van der Waals surface area contributed by atoms with E-state index in [1.807, 2.05) is 6.92 Å². The molecule has 0 aliphatic carbocycles. The number of hydrogen-bond acceptors (Lipinski definition) is 1. The van der Waals surface area contributed by atoms with Gasteiger partial charge < -0.3 is 5.73 Å². The van der Waals surface area contributed by atoms with Crippen molar-refractivity contribution in [1.29, 1.82) is 0 Å². The van der Waals surface area contributed by atoms with Crippen molar-refractivity contribution in [2.45, 2.75) is 38.6 Å². The second kappa shape index (κ2) is 6.19. The lowest BCUT2D eigenvalue weighted by Gasteiger charge is -2.25. The molecule has 0 spiro atoms. The Morgan fingerprint density at radius 3 is 1.70 bits per heavy atom. The van der Waals surface area contributed by atoms with E-state index >= 15 is 0 Å². The van der Waals surface area contributed by atoms with Crippen LogP contribution in [0.25, 0.3) is 0 Å². The maximum Gasteiger partial charge on any atom is 0.123 e. The summed E-state index contributed by atoms with van der Waals surface area (Å²) in [7, 11) is 0. The normalized spacial score (nSPS) is 14.0. The Kier molecular flexibility index (Phi) is 4.56. The summed E-state index contributed by atoms with van der Waals surface area (Å²) in [5.41, 5.74) is 9.72. The van der Waals surface area contributed by atoms with E-state index in [0.29, 0.717) is 0 Å². The summed E-state index contributed by atoms with van der Waals surface area (Å²) in [6.45, 7) is 4.20. The highest BCUT2D eigenvalue weighted by Crippen LogP contribution is 2.17. The first kappa shape index (κ1) is 14.7. The third kappa shape index (κ3) is 4.17. The van der Waals surface area contributed by atoms with Crippen LogP contribution in [0.3, 0.4) is 0 Å². The summed E-state index contributed by atoms with van der Waals surface area (Å²) in [4.78, 5) is 0. The highest BCUT2D eigenvalue weighted by molar-refractivity contribution is 5.25. The van der Waals surface area contributed by atoms with Crippen molar-refractivity contribution in [3.63, 3.8) is 0 Å². The van der Waals surface area contributed by atoms with Crippen LogP contribution in [0.2, 0.25) is 0 Å². The molecule has 2 rings (SSSR count). The van der Waals surface area contributed by atoms with Crippen molar-refractivity contribution in [1.82, 2.24) is 0 Å². The zero-order valence-electron chi connectivity index (χ0n) is 12.2. The first-order chi connectivity index (χ1) is 9.48. The fourth-order valence-corrected chi connectivity index (χ4v) is 2.49. The Morgan fingerprint density at radius 1 is 0.850 bits per heavy atom. The first-order valence-corrected chi connectivity index (χ1v) is 7.10. The summed E-state index contributed by atoms with van der Waals surface area (Å²) < 4.78 is 12.9. The number of halogens is 1. The van der Waals surface area contributed by atoms with Gasteiger partial charge in [-0.25, -0.2) is 4.39 Å². The summed E-state index contributed by atoms with van der Waals surface area (Å²) in [5, 5.41) is 0. The number of benzene rings is 2. The maximum atomic E-state index is 12.9. The third-order valence-electron chi connectivity index (χ3n) is 3.56. The minimum atomic E-state index is -0.328. The number of aryl methyl sites for hydroxylation is 1. The molecule has 0 bridgehead atoms. The molecule has 0 amide bonds. The first-order valence-electron chi connectivity index (χ1n) is 7.10. The van der Waals surface area contributed by atoms with Crippen LogP contribution in [0.1, 0.15) is 30.5 Å². The summed E-state index contributed by atoms with van der Waals surface area (Å²) >= 11 is 0. The molecule has 0 aliphatic heterocycles. The molecule has 0 aromatic heterocycles. The number of nitrogens with two attached hydrogens (primary N) is 1. The van der Waals surface area contributed by atoms with Gasteiger partial charge in [0.05, 0.1) is 0 Å². The van der Waals surface area contributed by atoms with Crippen LogP contribution in [-0.4, -0.2) is 5.54 Å². The van der Waals surface area contributed by atoms with Crippen LogP contribution in [0.15, 0.2) is 48.5 Å². The lowest BCUT2D eigenvalue weighted by Crippen LogP contribution is -2.40. The third-order valence-corrected chi connectivity index (χ3v) is 3.56. The quantitative estimate of drug-likeness (QED) is 0.877. The average molecular weight is 271 g/mol. The van der Waals surface area contributed by atoms with Crippen molar-refractivity contribution >= 4 is 0 Å². The minimum absolute atomic E-state index is 0.206. The molecule has 0 aliphatic rings. The summed E-state index contributed by atoms with van der Waals surface area (Å²) in [6.07, 6.45) is 2.60. The highest BCUT2D eigenvalue weighted by atomic mass is 19.1. The largest absolute Gasteiger partial charge is 0.325 e. The number of rotatable bonds is 5. The van der Waals surface area contributed by atoms with Gasteiger partial charge in [-0.3, -0.25) is 0 Å². The van der Waals surface area contributed by atoms with Gasteiger partial charge in [-0.2, -0.15) is 0 Å². The summed E-state index contributed by atoms with van der Waals surface area (Å²) in [6, 6.07) is 15.2. The van der Waals surface area contributed by atoms with Crippen molar-refractivity contribution < 1.29 is 4.39 Å². The van der Waals surface area contributed by atoms with Gasteiger partial charge in [0.25, 0.3) is 0 Å². The highest BCUT2D eigenvalue weighted by Gasteiger charge is 2.19. The standard InChI is InChI=1S/C18H22FN/c1-3-14-4-6-15(7-5-14)12-18(2,20)13-16-8-10-17(19)11-9-16/h4-11H,3,12-13,20H2,1-2H3. The fourth-order valence-electron chi connectivity index (χ4n) is 2.49. The molecular weight excluding hydrogens is 249 g/mol. The molecule has 106 valence electrons. The van der Waals surface area contributed by atoms with Gasteiger partial charge in [-0.1, -0.05) is 43.3 Å². The van der Waals surface area contributed by atoms with Crippen molar-refractivity contribution in [2.24, 2.45) is 5.73 Å². The predicted octanol–water partition coefficient (Wildman–Crippen LogP) is 3.89. The van der Waals surface area contributed by atoms with E-state index < -0.39 is 0 Å². The fraction of sp³-hybridized carbons (Fsp3) is 0.333. The molecule has 0 saturated carbocycles. The molecule has 2 N–H and O–H groups in total. The van der Waals surface area contributed by atoms with Gasteiger partial charge >= 0.3 is 0 Å². The van der Waals surface area contributed by atoms with E-state index in [4.69, 9.17) is 5.73 Å². The monoisotopic (exact) mass is 271 g/mol. The molecule has 0 heterocycles. The maximum absolute atomic E-state index is 12.9. The molecule has 1 unspecified atom stereocenters. The smallest absolute Gasteiger partial charge is 0.123 e. The second-order valence-electron chi connectivity index (χ2n) is 5.80. The number of hydrogen-bond donors (Lipinski definition) is 1. The van der Waals surface area contributed by atoms with Gasteiger partial charge in [0.1, 0.15) is 5.82 Å². The van der Waals surface area contributed by atoms with Crippen LogP contribution < -0.4 is 5.73 Å². The minimum Gasteiger partial charge on any atom is -0.325 e. The van der Waals surface area contributed by atoms with E-state index in [1.54, 1.807) is 12.1 Å².